The molecule has 0 atom stereocenters. The predicted octanol–water partition coefficient (Wildman–Crippen LogP) is 9.84. The van der Waals surface area contributed by atoms with E-state index < -0.39 is 0 Å². The highest BCUT2D eigenvalue weighted by Crippen LogP contribution is 2.12. The Kier molecular flexibility index (Phi) is 62.3. The summed E-state index contributed by atoms with van der Waals surface area (Å²) >= 11 is 3.91. The molecule has 14 heteroatoms. The van der Waals surface area contributed by atoms with Crippen LogP contribution in [0.5, 0.6) is 0 Å². The summed E-state index contributed by atoms with van der Waals surface area (Å²) in [6, 6.07) is 0. The summed E-state index contributed by atoms with van der Waals surface area (Å²) < 4.78 is 54.2. The van der Waals surface area contributed by atoms with Crippen LogP contribution < -0.4 is 0 Å². The number of ether oxygens (including phenoxy) is 10. The molecule has 0 fully saturated rings. The number of ketones is 2. The van der Waals surface area contributed by atoms with Crippen molar-refractivity contribution in [1.82, 2.24) is 0 Å². The van der Waals surface area contributed by atoms with Gasteiger partial charge < -0.3 is 47.4 Å². The van der Waals surface area contributed by atoms with Crippen LogP contribution in [0.3, 0.4) is 0 Å². The van der Waals surface area contributed by atoms with Gasteiger partial charge in [0.25, 0.3) is 0 Å². The number of unbranched alkanes of at least 4 members (excludes halogenated alkanes) is 16. The van der Waals surface area contributed by atoms with Gasteiger partial charge in [0.2, 0.25) is 0 Å². The van der Waals surface area contributed by atoms with E-state index in [4.69, 9.17) is 47.4 Å². The molecule has 12 nitrogen and oxygen atoms in total. The van der Waals surface area contributed by atoms with Crippen molar-refractivity contribution < 1.29 is 57.0 Å². The van der Waals surface area contributed by atoms with Crippen LogP contribution in [0.2, 0.25) is 0 Å². The predicted molar refractivity (Wildman–Crippen MR) is 259 cm³/mol. The molecule has 0 aromatic rings. The highest BCUT2D eigenvalue weighted by molar-refractivity contribution is 7.98. The Morgan fingerprint density at radius 2 is 0.468 bits per heavy atom. The zero-order valence-electron chi connectivity index (χ0n) is 40.4. The molecular weight excluding hydrogens is 833 g/mol. The quantitative estimate of drug-likeness (QED) is 0.0537. The minimum Gasteiger partial charge on any atom is -0.379 e. The summed E-state index contributed by atoms with van der Waals surface area (Å²) in [5.41, 5.74) is 0. The second-order valence-electron chi connectivity index (χ2n) is 15.1. The van der Waals surface area contributed by atoms with Gasteiger partial charge in [-0.15, -0.1) is 0 Å². The molecule has 0 unspecified atom stereocenters. The van der Waals surface area contributed by atoms with Crippen molar-refractivity contribution >= 4 is 35.1 Å². The van der Waals surface area contributed by atoms with E-state index in [0.29, 0.717) is 119 Å². The van der Waals surface area contributed by atoms with Gasteiger partial charge in [0, 0.05) is 26.1 Å². The van der Waals surface area contributed by atoms with E-state index in [1.165, 1.54) is 114 Å². The summed E-state index contributed by atoms with van der Waals surface area (Å²) in [7, 11) is 0. The van der Waals surface area contributed by atoms with Crippen molar-refractivity contribution in [2.24, 2.45) is 0 Å². The van der Waals surface area contributed by atoms with Crippen molar-refractivity contribution in [3.8, 4) is 0 Å². The maximum atomic E-state index is 11.0. The van der Waals surface area contributed by atoms with E-state index in [2.05, 4.69) is 12.5 Å². The maximum absolute atomic E-state index is 11.0. The molecule has 0 N–H and O–H groups in total. The minimum absolute atomic E-state index is 0.113. The molecule has 0 saturated heterocycles. The van der Waals surface area contributed by atoms with Crippen LogP contribution in [0, 0.1) is 0 Å². The second-order valence-corrected chi connectivity index (χ2v) is 17.1. The Labute approximate surface area is 389 Å². The fourth-order valence-electron chi connectivity index (χ4n) is 5.71. The lowest BCUT2D eigenvalue weighted by atomic mass is 10.1. The minimum atomic E-state index is 0.113. The highest BCUT2D eigenvalue weighted by atomic mass is 32.2. The lowest BCUT2D eigenvalue weighted by molar-refractivity contribution is -0.124. The number of carbonyl (C=O) groups is 2. The standard InChI is InChI=1S/2C24H48O6S/c2*1-3-24(25)23-30-21-20-29-19-18-28-17-16-27-15-14-26-13-11-9-7-5-4-6-8-10-12-22-31-2/h2*3-23H2,1-2H3. The highest BCUT2D eigenvalue weighted by Gasteiger charge is 2.00. The third-order valence-electron chi connectivity index (χ3n) is 9.57. The molecule has 0 amide bonds. The van der Waals surface area contributed by atoms with E-state index in [-0.39, 0.29) is 24.8 Å². The first kappa shape index (κ1) is 63.7. The summed E-state index contributed by atoms with van der Waals surface area (Å²) in [6.07, 6.45) is 29.6. The van der Waals surface area contributed by atoms with Gasteiger partial charge in [-0.1, -0.05) is 104 Å². The molecule has 0 spiro atoms. The van der Waals surface area contributed by atoms with Gasteiger partial charge in [-0.25, -0.2) is 0 Å². The molecule has 0 saturated carbocycles. The van der Waals surface area contributed by atoms with Gasteiger partial charge in [0.1, 0.15) is 13.2 Å². The average molecular weight is 929 g/mol. The van der Waals surface area contributed by atoms with Gasteiger partial charge >= 0.3 is 0 Å². The van der Waals surface area contributed by atoms with Crippen LogP contribution in [0.15, 0.2) is 0 Å². The summed E-state index contributed by atoms with van der Waals surface area (Å²) in [4.78, 5) is 22.1. The normalized spacial score (nSPS) is 11.3. The van der Waals surface area contributed by atoms with E-state index in [0.717, 1.165) is 26.1 Å². The number of carbonyl (C=O) groups excluding carboxylic acids is 2. The van der Waals surface area contributed by atoms with Crippen molar-refractivity contribution in [3.63, 3.8) is 0 Å². The van der Waals surface area contributed by atoms with Crippen LogP contribution in [0.25, 0.3) is 0 Å². The number of Topliss-reactive ketones (excluding diaryl/α,β-unsaturated/α-hetero) is 2. The summed E-state index contributed by atoms with van der Waals surface area (Å²) in [6.45, 7) is 14.4. The zero-order valence-corrected chi connectivity index (χ0v) is 42.0. The Bertz CT molecular complexity index is 780. The molecule has 0 aliphatic carbocycles. The molecule has 0 aliphatic rings. The Morgan fingerprint density at radius 1 is 0.274 bits per heavy atom. The number of hydrogen-bond donors (Lipinski definition) is 0. The first-order valence-electron chi connectivity index (χ1n) is 24.4. The molecule has 0 bridgehead atoms. The molecule has 62 heavy (non-hydrogen) atoms. The van der Waals surface area contributed by atoms with E-state index in [1.54, 1.807) is 0 Å². The number of thioether (sulfide) groups is 2. The topological polar surface area (TPSA) is 126 Å². The fourth-order valence-corrected chi connectivity index (χ4v) is 6.70. The van der Waals surface area contributed by atoms with Gasteiger partial charge in [0.15, 0.2) is 11.6 Å². The van der Waals surface area contributed by atoms with Crippen LogP contribution >= 0.6 is 23.5 Å². The monoisotopic (exact) mass is 929 g/mol. The zero-order chi connectivity index (χ0) is 45.3. The number of rotatable bonds is 54. The molecule has 372 valence electrons. The van der Waals surface area contributed by atoms with Crippen LogP contribution in [-0.2, 0) is 57.0 Å². The van der Waals surface area contributed by atoms with Gasteiger partial charge in [-0.05, 0) is 49.7 Å². The van der Waals surface area contributed by atoms with Crippen LogP contribution in [-0.4, -0.2) is 168 Å². The van der Waals surface area contributed by atoms with Crippen LogP contribution in [0.1, 0.15) is 142 Å². The van der Waals surface area contributed by atoms with Crippen molar-refractivity contribution in [1.29, 1.82) is 0 Å². The van der Waals surface area contributed by atoms with Gasteiger partial charge in [0.05, 0.1) is 106 Å². The van der Waals surface area contributed by atoms with Crippen molar-refractivity contribution in [3.05, 3.63) is 0 Å². The molecule has 0 radical (unpaired) electrons. The third-order valence-corrected chi connectivity index (χ3v) is 11.0. The van der Waals surface area contributed by atoms with Gasteiger partial charge in [-0.3, -0.25) is 9.59 Å². The largest absolute Gasteiger partial charge is 0.379 e. The average Bonchev–Trinajstić information content (AvgIpc) is 3.29. The second kappa shape index (κ2) is 60.6. The SMILES string of the molecule is CCC(=O)COCCOCCOCCOCCOCCCCCCCCCCCSC.CCC(=O)COCCOCCOCCOCCOCCCCCCCCCCCSC. The van der Waals surface area contributed by atoms with E-state index in [9.17, 15) is 9.59 Å². The molecular formula is C48H96O12S2. The molecule has 0 rings (SSSR count). The number of hydrogen-bond acceptors (Lipinski definition) is 14. The van der Waals surface area contributed by atoms with Crippen molar-refractivity contribution in [2.75, 3.05) is 156 Å². The third kappa shape index (κ3) is 61.7. The van der Waals surface area contributed by atoms with E-state index >= 15 is 0 Å². The maximum Gasteiger partial charge on any atom is 0.158 e. The first-order valence-corrected chi connectivity index (χ1v) is 27.2. The first-order chi connectivity index (χ1) is 30.6. The Hall–Kier alpha value is -0.360. The van der Waals surface area contributed by atoms with Crippen LogP contribution in [0.4, 0.5) is 0 Å². The lowest BCUT2D eigenvalue weighted by Gasteiger charge is -2.08. The summed E-state index contributed by atoms with van der Waals surface area (Å²) in [5, 5.41) is 0. The Balaban J connectivity index is 0. The summed E-state index contributed by atoms with van der Waals surface area (Å²) in [5.74, 6) is 2.86. The fraction of sp³-hybridized carbons (Fsp3) is 0.958. The molecule has 0 aromatic carbocycles. The molecule has 0 aliphatic heterocycles. The smallest absolute Gasteiger partial charge is 0.158 e. The molecule has 0 aromatic heterocycles. The van der Waals surface area contributed by atoms with Gasteiger partial charge in [-0.2, -0.15) is 23.5 Å². The Morgan fingerprint density at radius 3 is 0.694 bits per heavy atom. The van der Waals surface area contributed by atoms with E-state index in [1.807, 2.05) is 37.4 Å². The van der Waals surface area contributed by atoms with Crippen molar-refractivity contribution in [2.45, 2.75) is 142 Å². The lowest BCUT2D eigenvalue weighted by Crippen LogP contribution is -2.14. The molecule has 0 heterocycles.